The number of aromatic nitrogens is 1. The fourth-order valence-corrected chi connectivity index (χ4v) is 2.69. The van der Waals surface area contributed by atoms with E-state index in [9.17, 15) is 0 Å². The second kappa shape index (κ2) is 4.31. The highest BCUT2D eigenvalue weighted by molar-refractivity contribution is 7.19. The lowest BCUT2D eigenvalue weighted by Gasteiger charge is -1.93. The lowest BCUT2D eigenvalue weighted by atomic mass is 10.2. The van der Waals surface area contributed by atoms with Crippen LogP contribution in [0.5, 0.6) is 0 Å². The van der Waals surface area contributed by atoms with Crippen molar-refractivity contribution < 1.29 is 0 Å². The van der Waals surface area contributed by atoms with Gasteiger partial charge in [-0.05, 0) is 6.08 Å². The minimum Gasteiger partial charge on any atom is -0.233 e. The highest BCUT2D eigenvalue weighted by atomic mass is 35.5. The summed E-state index contributed by atoms with van der Waals surface area (Å²) in [5.41, 5.74) is 6.26. The summed E-state index contributed by atoms with van der Waals surface area (Å²) in [6.45, 7) is 0. The molecule has 17 heavy (non-hydrogen) atoms. The van der Waals surface area contributed by atoms with Gasteiger partial charge in [-0.3, -0.25) is 0 Å². The Balaban J connectivity index is 2.04. The molecule has 3 nitrogen and oxygen atoms in total. The van der Waals surface area contributed by atoms with Gasteiger partial charge in [-0.25, -0.2) is 4.98 Å². The molecule has 83 valence electrons. The monoisotopic (exact) mass is 260 g/mol. The maximum Gasteiger partial charge on any atom is 0.125 e. The molecule has 0 spiro atoms. The van der Waals surface area contributed by atoms with Crippen molar-refractivity contribution in [3.8, 4) is 10.6 Å². The van der Waals surface area contributed by atoms with Gasteiger partial charge in [0, 0.05) is 5.56 Å². The van der Waals surface area contributed by atoms with Crippen LogP contribution in [-0.2, 0) is 0 Å². The van der Waals surface area contributed by atoms with Crippen LogP contribution in [0.4, 0.5) is 0 Å². The number of rotatable bonds is 2. The number of halogens is 1. The fourth-order valence-electron chi connectivity index (χ4n) is 1.52. The van der Waals surface area contributed by atoms with Crippen molar-refractivity contribution in [1.82, 2.24) is 10.4 Å². The van der Waals surface area contributed by atoms with Gasteiger partial charge in [0.05, 0.1) is 6.20 Å². The SMILES string of the molecule is Clc1sc(-c2ccccc2)nc1C1=N[N]C=C1. The first-order valence-electron chi connectivity index (χ1n) is 5.01. The minimum absolute atomic E-state index is 0.643. The first-order valence-corrected chi connectivity index (χ1v) is 6.20. The van der Waals surface area contributed by atoms with Gasteiger partial charge in [-0.1, -0.05) is 41.9 Å². The number of thiazole rings is 1. The minimum atomic E-state index is 0.643. The Morgan fingerprint density at radius 3 is 2.65 bits per heavy atom. The Labute approximate surface area is 107 Å². The van der Waals surface area contributed by atoms with Crippen LogP contribution in [0.3, 0.4) is 0 Å². The van der Waals surface area contributed by atoms with Gasteiger partial charge in [0.1, 0.15) is 20.7 Å². The molecule has 2 aromatic rings. The van der Waals surface area contributed by atoms with Crippen molar-refractivity contribution in [3.63, 3.8) is 0 Å². The Morgan fingerprint density at radius 2 is 1.94 bits per heavy atom. The molecule has 0 saturated heterocycles. The highest BCUT2D eigenvalue weighted by Crippen LogP contribution is 2.32. The van der Waals surface area contributed by atoms with Crippen LogP contribution < -0.4 is 5.43 Å². The average Bonchev–Trinajstić information content (AvgIpc) is 2.99. The lowest BCUT2D eigenvalue weighted by Crippen LogP contribution is -1.95. The van der Waals surface area contributed by atoms with E-state index in [0.29, 0.717) is 15.7 Å². The second-order valence-electron chi connectivity index (χ2n) is 3.42. The molecule has 0 N–H and O–H groups in total. The number of hydrogen-bond donors (Lipinski definition) is 0. The zero-order valence-corrected chi connectivity index (χ0v) is 10.2. The summed E-state index contributed by atoms with van der Waals surface area (Å²) in [6.07, 6.45) is 3.43. The third-order valence-electron chi connectivity index (χ3n) is 2.31. The molecule has 5 heteroatoms. The van der Waals surface area contributed by atoms with Crippen molar-refractivity contribution in [3.05, 3.63) is 52.6 Å². The zero-order chi connectivity index (χ0) is 11.7. The van der Waals surface area contributed by atoms with Crippen LogP contribution in [0.25, 0.3) is 10.6 Å². The van der Waals surface area contributed by atoms with Crippen LogP contribution in [-0.4, -0.2) is 10.7 Å². The van der Waals surface area contributed by atoms with E-state index in [-0.39, 0.29) is 0 Å². The third kappa shape index (κ3) is 1.97. The summed E-state index contributed by atoms with van der Waals surface area (Å²) >= 11 is 7.63. The van der Waals surface area contributed by atoms with Crippen molar-refractivity contribution >= 4 is 28.6 Å². The molecule has 1 aromatic heterocycles. The molecular weight excluding hydrogens is 254 g/mol. The van der Waals surface area contributed by atoms with Gasteiger partial charge in [0.25, 0.3) is 0 Å². The van der Waals surface area contributed by atoms with E-state index < -0.39 is 0 Å². The topological polar surface area (TPSA) is 39.4 Å². The van der Waals surface area contributed by atoms with Crippen molar-refractivity contribution in [2.75, 3.05) is 0 Å². The van der Waals surface area contributed by atoms with E-state index in [4.69, 9.17) is 11.6 Å². The van der Waals surface area contributed by atoms with Crippen LogP contribution in [0.2, 0.25) is 4.34 Å². The Kier molecular flexibility index (Phi) is 2.66. The Hall–Kier alpha value is -1.65. The maximum atomic E-state index is 6.17. The molecule has 0 unspecified atom stereocenters. The maximum absolute atomic E-state index is 6.17. The summed E-state index contributed by atoms with van der Waals surface area (Å²) < 4.78 is 0.643. The second-order valence-corrected chi connectivity index (χ2v) is 5.02. The third-order valence-corrected chi connectivity index (χ3v) is 3.62. The lowest BCUT2D eigenvalue weighted by molar-refractivity contribution is 0.971. The van der Waals surface area contributed by atoms with Gasteiger partial charge < -0.3 is 0 Å². The molecule has 2 heterocycles. The predicted molar refractivity (Wildman–Crippen MR) is 70.4 cm³/mol. The van der Waals surface area contributed by atoms with E-state index >= 15 is 0 Å². The van der Waals surface area contributed by atoms with Crippen LogP contribution in [0, 0.1) is 0 Å². The summed E-state index contributed by atoms with van der Waals surface area (Å²) in [4.78, 5) is 4.51. The molecule has 3 rings (SSSR count). The molecule has 1 aromatic carbocycles. The Bertz CT molecular complexity index is 601. The van der Waals surface area contributed by atoms with Gasteiger partial charge in [0.15, 0.2) is 0 Å². The molecule has 0 atom stereocenters. The predicted octanol–water partition coefficient (Wildman–Crippen LogP) is 3.30. The summed E-state index contributed by atoms with van der Waals surface area (Å²) in [5, 5.41) is 4.86. The van der Waals surface area contributed by atoms with Gasteiger partial charge in [0.2, 0.25) is 0 Å². The summed E-state index contributed by atoms with van der Waals surface area (Å²) in [5.74, 6) is 0. The molecule has 0 fully saturated rings. The number of nitrogens with zero attached hydrogens (tertiary/aromatic N) is 3. The summed E-state index contributed by atoms with van der Waals surface area (Å²) in [6, 6.07) is 9.95. The molecule has 0 amide bonds. The molecule has 0 aliphatic carbocycles. The number of benzene rings is 1. The van der Waals surface area contributed by atoms with Crippen molar-refractivity contribution in [2.45, 2.75) is 0 Å². The molecule has 0 saturated carbocycles. The highest BCUT2D eigenvalue weighted by Gasteiger charge is 2.16. The van der Waals surface area contributed by atoms with Crippen LogP contribution >= 0.6 is 22.9 Å². The normalized spacial score (nSPS) is 13.6. The quantitative estimate of drug-likeness (QED) is 0.817. The zero-order valence-electron chi connectivity index (χ0n) is 8.67. The van der Waals surface area contributed by atoms with Crippen LogP contribution in [0.1, 0.15) is 5.69 Å². The van der Waals surface area contributed by atoms with E-state index in [1.165, 1.54) is 11.3 Å². The van der Waals surface area contributed by atoms with Crippen molar-refractivity contribution in [2.24, 2.45) is 5.10 Å². The standard InChI is InChI=1S/C12H7ClN3S/c13-11-10(9-6-7-14-16-9)15-12(17-11)8-4-2-1-3-5-8/h1-7H. The molecule has 1 aliphatic heterocycles. The van der Waals surface area contributed by atoms with Gasteiger partial charge in [-0.15, -0.1) is 16.4 Å². The van der Waals surface area contributed by atoms with Gasteiger partial charge >= 0.3 is 0 Å². The summed E-state index contributed by atoms with van der Waals surface area (Å²) in [7, 11) is 0. The smallest absolute Gasteiger partial charge is 0.125 e. The first kappa shape index (κ1) is 10.5. The molecule has 1 aliphatic rings. The van der Waals surface area contributed by atoms with E-state index in [1.807, 2.05) is 30.3 Å². The van der Waals surface area contributed by atoms with Crippen LogP contribution in [0.15, 0.2) is 47.7 Å². The average molecular weight is 261 g/mol. The Morgan fingerprint density at radius 1 is 1.12 bits per heavy atom. The van der Waals surface area contributed by atoms with E-state index in [0.717, 1.165) is 10.6 Å². The fraction of sp³-hybridized carbons (Fsp3) is 0. The van der Waals surface area contributed by atoms with E-state index in [1.54, 1.807) is 12.3 Å². The largest absolute Gasteiger partial charge is 0.233 e. The van der Waals surface area contributed by atoms with E-state index in [2.05, 4.69) is 15.5 Å². The number of hydrogen-bond acceptors (Lipinski definition) is 3. The number of allylic oxidation sites excluding steroid dienone is 1. The molecule has 1 radical (unpaired) electrons. The molecule has 0 bridgehead atoms. The van der Waals surface area contributed by atoms with Crippen molar-refractivity contribution in [1.29, 1.82) is 0 Å². The first-order chi connectivity index (χ1) is 8.34. The molecular formula is C12H7ClN3S. The van der Waals surface area contributed by atoms with Gasteiger partial charge in [-0.2, -0.15) is 5.43 Å².